The molecule has 186 valence electrons. The van der Waals surface area contributed by atoms with E-state index >= 15 is 0 Å². The number of aromatic nitrogens is 4. The molecular weight excluding hydrogens is 528 g/mol. The standard InChI is InChI=1S/C26H21ClN6O2S2/c1-16-6-4-7-17(12-16)24(35)28-14-22-31-32-26(33(22)19-9-5-8-18(27)13-19)36-15-23(34)30-25-29-20-10-2-3-11-21(20)37-25/h2-13H,14-15H2,1H3,(H,28,35)(H,29,30,34). The maximum Gasteiger partial charge on any atom is 0.251 e. The molecule has 5 aromatic rings. The van der Waals surface area contributed by atoms with Crippen LogP contribution in [-0.2, 0) is 11.3 Å². The number of nitrogens with zero attached hydrogens (tertiary/aromatic N) is 4. The van der Waals surface area contributed by atoms with Crippen molar-refractivity contribution in [1.29, 1.82) is 0 Å². The lowest BCUT2D eigenvalue weighted by Gasteiger charge is -2.11. The van der Waals surface area contributed by atoms with Crippen LogP contribution >= 0.6 is 34.7 Å². The Labute approximate surface area is 226 Å². The molecule has 8 nitrogen and oxygen atoms in total. The number of nitrogens with one attached hydrogen (secondary N) is 2. The maximum absolute atomic E-state index is 12.7. The fourth-order valence-electron chi connectivity index (χ4n) is 3.64. The number of thiazole rings is 1. The number of rotatable bonds is 8. The van der Waals surface area contributed by atoms with Crippen LogP contribution < -0.4 is 10.6 Å². The van der Waals surface area contributed by atoms with Gasteiger partial charge < -0.3 is 10.6 Å². The molecule has 3 aromatic carbocycles. The van der Waals surface area contributed by atoms with Crippen molar-refractivity contribution in [2.45, 2.75) is 18.6 Å². The van der Waals surface area contributed by atoms with Crippen LogP contribution in [0, 0.1) is 6.92 Å². The summed E-state index contributed by atoms with van der Waals surface area (Å²) in [7, 11) is 0. The van der Waals surface area contributed by atoms with Gasteiger partial charge in [0.15, 0.2) is 16.1 Å². The molecule has 2 aromatic heterocycles. The highest BCUT2D eigenvalue weighted by atomic mass is 35.5. The van der Waals surface area contributed by atoms with Crippen LogP contribution in [0.2, 0.25) is 5.02 Å². The van der Waals surface area contributed by atoms with Crippen molar-refractivity contribution in [3.63, 3.8) is 0 Å². The number of halogens is 1. The van der Waals surface area contributed by atoms with Gasteiger partial charge in [-0.15, -0.1) is 10.2 Å². The number of carbonyl (C=O) groups excluding carboxylic acids is 2. The molecule has 0 saturated heterocycles. The minimum atomic E-state index is -0.214. The van der Waals surface area contributed by atoms with E-state index in [2.05, 4.69) is 25.8 Å². The maximum atomic E-state index is 12.7. The first kappa shape index (κ1) is 24.9. The highest BCUT2D eigenvalue weighted by Gasteiger charge is 2.18. The summed E-state index contributed by atoms with van der Waals surface area (Å²) in [5, 5.41) is 15.9. The third kappa shape index (κ3) is 5.99. The molecule has 0 aliphatic carbocycles. The number of aryl methyl sites for hydroxylation is 1. The lowest BCUT2D eigenvalue weighted by Crippen LogP contribution is -2.24. The van der Waals surface area contributed by atoms with Crippen LogP contribution in [0.1, 0.15) is 21.7 Å². The molecule has 0 aliphatic heterocycles. The Balaban J connectivity index is 1.32. The smallest absolute Gasteiger partial charge is 0.251 e. The Morgan fingerprint density at radius 2 is 1.86 bits per heavy atom. The SMILES string of the molecule is Cc1cccc(C(=O)NCc2nnc(SCC(=O)Nc3nc4ccccc4s3)n2-c2cccc(Cl)c2)c1. The fraction of sp³-hybridized carbons (Fsp3) is 0.115. The molecule has 0 saturated carbocycles. The van der Waals surface area contributed by atoms with Gasteiger partial charge in [-0.25, -0.2) is 4.98 Å². The Bertz CT molecular complexity index is 1570. The van der Waals surface area contributed by atoms with Crippen molar-refractivity contribution in [2.24, 2.45) is 0 Å². The van der Waals surface area contributed by atoms with Crippen molar-refractivity contribution < 1.29 is 9.59 Å². The second-order valence-electron chi connectivity index (χ2n) is 8.09. The van der Waals surface area contributed by atoms with Crippen LogP contribution in [0.25, 0.3) is 15.9 Å². The fourth-order valence-corrected chi connectivity index (χ4v) is 5.48. The molecule has 5 rings (SSSR count). The van der Waals surface area contributed by atoms with E-state index in [0.717, 1.165) is 21.5 Å². The molecular formula is C26H21ClN6O2S2. The van der Waals surface area contributed by atoms with Gasteiger partial charge in [-0.3, -0.25) is 14.2 Å². The number of benzene rings is 3. The van der Waals surface area contributed by atoms with Gasteiger partial charge in [0, 0.05) is 10.6 Å². The second kappa shape index (κ2) is 11.1. The first-order chi connectivity index (χ1) is 18.0. The van der Waals surface area contributed by atoms with Crippen LogP contribution in [0.4, 0.5) is 5.13 Å². The molecule has 11 heteroatoms. The van der Waals surface area contributed by atoms with E-state index in [0.29, 0.717) is 26.7 Å². The zero-order chi connectivity index (χ0) is 25.8. The Hall–Kier alpha value is -3.73. The number of amides is 2. The third-order valence-electron chi connectivity index (χ3n) is 5.33. The normalized spacial score (nSPS) is 11.0. The van der Waals surface area contributed by atoms with E-state index in [4.69, 9.17) is 11.6 Å². The Morgan fingerprint density at radius 3 is 2.68 bits per heavy atom. The predicted octanol–water partition coefficient (Wildman–Crippen LogP) is 5.50. The predicted molar refractivity (Wildman–Crippen MR) is 148 cm³/mol. The van der Waals surface area contributed by atoms with Gasteiger partial charge in [-0.05, 0) is 49.4 Å². The highest BCUT2D eigenvalue weighted by molar-refractivity contribution is 7.99. The summed E-state index contributed by atoms with van der Waals surface area (Å²) in [5.41, 5.74) is 3.13. The number of anilines is 1. The largest absolute Gasteiger partial charge is 0.345 e. The minimum absolute atomic E-state index is 0.101. The summed E-state index contributed by atoms with van der Waals surface area (Å²) in [6.07, 6.45) is 0. The monoisotopic (exact) mass is 548 g/mol. The van der Waals surface area contributed by atoms with Gasteiger partial charge in [0.05, 0.1) is 28.2 Å². The van der Waals surface area contributed by atoms with Crippen molar-refractivity contribution in [2.75, 3.05) is 11.1 Å². The van der Waals surface area contributed by atoms with Crippen molar-refractivity contribution in [1.82, 2.24) is 25.1 Å². The summed E-state index contributed by atoms with van der Waals surface area (Å²) in [5.74, 6) is 0.190. The number of carbonyl (C=O) groups is 2. The molecule has 2 N–H and O–H groups in total. The Kier molecular flexibility index (Phi) is 7.50. The van der Waals surface area contributed by atoms with Crippen LogP contribution in [0.15, 0.2) is 78.0 Å². The first-order valence-corrected chi connectivity index (χ1v) is 13.5. The van der Waals surface area contributed by atoms with E-state index in [9.17, 15) is 9.59 Å². The number of thioether (sulfide) groups is 1. The molecule has 0 bridgehead atoms. The summed E-state index contributed by atoms with van der Waals surface area (Å²) in [6.45, 7) is 2.08. The number of hydrogen-bond acceptors (Lipinski definition) is 7. The van der Waals surface area contributed by atoms with Gasteiger partial charge in [0.1, 0.15) is 0 Å². The molecule has 0 spiro atoms. The minimum Gasteiger partial charge on any atom is -0.345 e. The van der Waals surface area contributed by atoms with Gasteiger partial charge in [0.25, 0.3) is 5.91 Å². The van der Waals surface area contributed by atoms with Gasteiger partial charge in [-0.2, -0.15) is 0 Å². The van der Waals surface area contributed by atoms with Crippen LogP contribution in [-0.4, -0.2) is 37.3 Å². The molecule has 0 fully saturated rings. The quantitative estimate of drug-likeness (QED) is 0.248. The van der Waals surface area contributed by atoms with Crippen LogP contribution in [0.5, 0.6) is 0 Å². The topological polar surface area (TPSA) is 102 Å². The molecule has 37 heavy (non-hydrogen) atoms. The van der Waals surface area contributed by atoms with Crippen molar-refractivity contribution in [3.8, 4) is 5.69 Å². The molecule has 0 unspecified atom stereocenters. The lowest BCUT2D eigenvalue weighted by atomic mass is 10.1. The first-order valence-electron chi connectivity index (χ1n) is 11.3. The zero-order valence-corrected chi connectivity index (χ0v) is 22.0. The summed E-state index contributed by atoms with van der Waals surface area (Å²) >= 11 is 8.89. The lowest BCUT2D eigenvalue weighted by molar-refractivity contribution is -0.113. The number of para-hydroxylation sites is 1. The second-order valence-corrected chi connectivity index (χ2v) is 10.5. The molecule has 2 amide bonds. The number of fused-ring (bicyclic) bond motifs is 1. The molecule has 2 heterocycles. The third-order valence-corrected chi connectivity index (χ3v) is 7.44. The molecule has 0 radical (unpaired) electrons. The van der Waals surface area contributed by atoms with Gasteiger partial charge >= 0.3 is 0 Å². The summed E-state index contributed by atoms with van der Waals surface area (Å²) in [6, 6.07) is 22.3. The molecule has 0 atom stereocenters. The van der Waals surface area contributed by atoms with E-state index < -0.39 is 0 Å². The van der Waals surface area contributed by atoms with Crippen molar-refractivity contribution >= 4 is 61.9 Å². The van der Waals surface area contributed by atoms with E-state index in [1.165, 1.54) is 23.1 Å². The van der Waals surface area contributed by atoms with Crippen molar-refractivity contribution in [3.05, 3.63) is 94.8 Å². The average molecular weight is 549 g/mol. The van der Waals surface area contributed by atoms with Gasteiger partial charge in [-0.1, -0.05) is 70.6 Å². The molecule has 0 aliphatic rings. The van der Waals surface area contributed by atoms with E-state index in [1.807, 2.05) is 61.5 Å². The van der Waals surface area contributed by atoms with E-state index in [1.54, 1.807) is 22.8 Å². The Morgan fingerprint density at radius 1 is 1.03 bits per heavy atom. The number of hydrogen-bond donors (Lipinski definition) is 2. The van der Waals surface area contributed by atoms with Gasteiger partial charge in [0.2, 0.25) is 5.91 Å². The summed E-state index contributed by atoms with van der Waals surface area (Å²) in [4.78, 5) is 29.8. The average Bonchev–Trinajstić information content (AvgIpc) is 3.49. The zero-order valence-electron chi connectivity index (χ0n) is 19.6. The van der Waals surface area contributed by atoms with Crippen LogP contribution in [0.3, 0.4) is 0 Å². The summed E-state index contributed by atoms with van der Waals surface area (Å²) < 4.78 is 2.79. The highest BCUT2D eigenvalue weighted by Crippen LogP contribution is 2.27. The van der Waals surface area contributed by atoms with E-state index in [-0.39, 0.29) is 24.1 Å².